The van der Waals surface area contributed by atoms with Crippen molar-refractivity contribution in [3.05, 3.63) is 74.6 Å². The SMILES string of the molecule is CC(c1ccc(C2=CSC(c3cc(Cl)cc(Cl)c3)(C(F)(F)F)C2)cc1)N(C(=O)OC(C)(C)C)C(=O)OC(C)(C)C. The smallest absolute Gasteiger partial charge is 0.420 e. The summed E-state index contributed by atoms with van der Waals surface area (Å²) in [6, 6.07) is 9.84. The van der Waals surface area contributed by atoms with Gasteiger partial charge in [0.15, 0.2) is 0 Å². The van der Waals surface area contributed by atoms with Gasteiger partial charge >= 0.3 is 18.4 Å². The number of allylic oxidation sites excluding steroid dienone is 1. The molecule has 40 heavy (non-hydrogen) atoms. The Hall–Kier alpha value is -2.36. The molecule has 0 bridgehead atoms. The predicted molar refractivity (Wildman–Crippen MR) is 154 cm³/mol. The van der Waals surface area contributed by atoms with E-state index in [1.807, 2.05) is 0 Å². The number of ether oxygens (including phenoxy) is 2. The fourth-order valence-corrected chi connectivity index (χ4v) is 5.83. The zero-order valence-electron chi connectivity index (χ0n) is 23.3. The molecule has 218 valence electrons. The molecule has 0 saturated heterocycles. The van der Waals surface area contributed by atoms with Gasteiger partial charge in [-0.3, -0.25) is 0 Å². The molecule has 0 spiro atoms. The van der Waals surface area contributed by atoms with Crippen molar-refractivity contribution in [3.8, 4) is 0 Å². The molecule has 11 heteroatoms. The number of imide groups is 1. The molecule has 0 N–H and O–H groups in total. The van der Waals surface area contributed by atoms with E-state index in [0.717, 1.165) is 4.90 Å². The van der Waals surface area contributed by atoms with Crippen molar-refractivity contribution in [3.63, 3.8) is 0 Å². The Labute approximate surface area is 247 Å². The van der Waals surface area contributed by atoms with Crippen LogP contribution in [0.25, 0.3) is 5.57 Å². The van der Waals surface area contributed by atoms with Gasteiger partial charge in [0.1, 0.15) is 15.9 Å². The lowest BCUT2D eigenvalue weighted by molar-refractivity contribution is -0.160. The maximum atomic E-state index is 14.5. The van der Waals surface area contributed by atoms with Crippen LogP contribution in [0.2, 0.25) is 10.0 Å². The van der Waals surface area contributed by atoms with Gasteiger partial charge in [-0.1, -0.05) is 47.5 Å². The summed E-state index contributed by atoms with van der Waals surface area (Å²) in [6.45, 7) is 11.7. The van der Waals surface area contributed by atoms with Crippen LogP contribution in [0, 0.1) is 0 Å². The number of halogens is 5. The number of benzene rings is 2. The predicted octanol–water partition coefficient (Wildman–Crippen LogP) is 10.2. The Morgan fingerprint density at radius 3 is 1.80 bits per heavy atom. The van der Waals surface area contributed by atoms with Crippen molar-refractivity contribution in [2.45, 2.75) is 83.1 Å². The first-order chi connectivity index (χ1) is 18.2. The molecule has 0 radical (unpaired) electrons. The molecule has 0 fully saturated rings. The number of hydrogen-bond acceptors (Lipinski definition) is 5. The quantitative estimate of drug-likeness (QED) is 0.341. The first-order valence-electron chi connectivity index (χ1n) is 12.5. The molecule has 2 atom stereocenters. The van der Waals surface area contributed by atoms with E-state index in [2.05, 4.69) is 0 Å². The summed E-state index contributed by atoms with van der Waals surface area (Å²) in [5.74, 6) is 0. The second-order valence-corrected chi connectivity index (χ2v) is 13.6. The number of hydrogen-bond donors (Lipinski definition) is 0. The van der Waals surface area contributed by atoms with Gasteiger partial charge in [0.2, 0.25) is 0 Å². The number of alkyl halides is 3. The number of thioether (sulfide) groups is 1. The second-order valence-electron chi connectivity index (χ2n) is 11.5. The van der Waals surface area contributed by atoms with Crippen LogP contribution in [0.4, 0.5) is 22.8 Å². The summed E-state index contributed by atoms with van der Waals surface area (Å²) in [4.78, 5) is 26.9. The molecule has 2 amide bonds. The van der Waals surface area contributed by atoms with Gasteiger partial charge in [-0.2, -0.15) is 13.2 Å². The van der Waals surface area contributed by atoms with Gasteiger partial charge in [0, 0.05) is 16.5 Å². The van der Waals surface area contributed by atoms with Crippen LogP contribution in [-0.2, 0) is 14.2 Å². The number of carbonyl (C=O) groups excluding carboxylic acids is 2. The summed E-state index contributed by atoms with van der Waals surface area (Å²) in [6.07, 6.45) is -6.65. The maximum absolute atomic E-state index is 14.5. The van der Waals surface area contributed by atoms with Crippen LogP contribution in [0.5, 0.6) is 0 Å². The van der Waals surface area contributed by atoms with Crippen molar-refractivity contribution in [2.75, 3.05) is 0 Å². The third-order valence-electron chi connectivity index (χ3n) is 5.96. The van der Waals surface area contributed by atoms with E-state index in [0.29, 0.717) is 28.5 Å². The highest BCUT2D eigenvalue weighted by molar-refractivity contribution is 8.03. The van der Waals surface area contributed by atoms with Crippen LogP contribution in [0.1, 0.15) is 77.6 Å². The van der Waals surface area contributed by atoms with Gasteiger partial charge < -0.3 is 9.47 Å². The number of amides is 2. The number of nitrogens with zero attached hydrogens (tertiary/aromatic N) is 1. The summed E-state index contributed by atoms with van der Waals surface area (Å²) < 4.78 is 52.0. The van der Waals surface area contributed by atoms with Gasteiger partial charge in [-0.25, -0.2) is 14.5 Å². The number of rotatable bonds is 4. The van der Waals surface area contributed by atoms with E-state index < -0.39 is 40.4 Å². The highest BCUT2D eigenvalue weighted by Crippen LogP contribution is 2.60. The average Bonchev–Trinajstić information content (AvgIpc) is 3.23. The molecule has 0 saturated carbocycles. The Balaban J connectivity index is 1.90. The van der Waals surface area contributed by atoms with Gasteiger partial charge in [0.05, 0.1) is 6.04 Å². The minimum Gasteiger partial charge on any atom is -0.443 e. The van der Waals surface area contributed by atoms with Crippen LogP contribution < -0.4 is 0 Å². The zero-order valence-corrected chi connectivity index (χ0v) is 25.6. The van der Waals surface area contributed by atoms with Crippen LogP contribution in [0.15, 0.2) is 47.9 Å². The van der Waals surface area contributed by atoms with E-state index in [1.54, 1.807) is 72.7 Å². The molecule has 1 heterocycles. The summed E-state index contributed by atoms with van der Waals surface area (Å²) in [5, 5.41) is 1.74. The Bertz CT molecular complexity index is 1250. The molecular formula is C29H32Cl2F3NO4S. The first kappa shape index (κ1) is 32.2. The largest absolute Gasteiger partial charge is 0.443 e. The van der Waals surface area contributed by atoms with Crippen LogP contribution in [0.3, 0.4) is 0 Å². The summed E-state index contributed by atoms with van der Waals surface area (Å²) in [5.41, 5.74) is -0.116. The minimum atomic E-state index is -4.58. The Morgan fingerprint density at radius 1 is 0.900 bits per heavy atom. The molecule has 0 aromatic heterocycles. The van der Waals surface area contributed by atoms with Crippen molar-refractivity contribution < 1.29 is 32.2 Å². The highest BCUT2D eigenvalue weighted by Gasteiger charge is 2.58. The fraction of sp³-hybridized carbons (Fsp3) is 0.448. The lowest BCUT2D eigenvalue weighted by atomic mass is 9.88. The molecule has 1 aliphatic heterocycles. The summed E-state index contributed by atoms with van der Waals surface area (Å²) >= 11 is 12.7. The third kappa shape index (κ3) is 7.47. The van der Waals surface area contributed by atoms with Crippen molar-refractivity contribution in [1.82, 2.24) is 4.90 Å². The molecule has 2 aromatic rings. The van der Waals surface area contributed by atoms with E-state index in [4.69, 9.17) is 32.7 Å². The average molecular weight is 619 g/mol. The molecule has 2 aromatic carbocycles. The normalized spacial score (nSPS) is 18.6. The maximum Gasteiger partial charge on any atom is 0.420 e. The molecule has 5 nitrogen and oxygen atoms in total. The molecule has 1 aliphatic rings. The lowest BCUT2D eigenvalue weighted by Crippen LogP contribution is -2.44. The lowest BCUT2D eigenvalue weighted by Gasteiger charge is -2.32. The van der Waals surface area contributed by atoms with Crippen molar-refractivity contribution in [1.29, 1.82) is 0 Å². The summed E-state index contributed by atoms with van der Waals surface area (Å²) in [7, 11) is 0. The Kier molecular flexibility index (Phi) is 9.24. The van der Waals surface area contributed by atoms with E-state index in [9.17, 15) is 22.8 Å². The minimum absolute atomic E-state index is 0.0237. The van der Waals surface area contributed by atoms with Crippen LogP contribution >= 0.6 is 35.0 Å². The molecule has 0 aliphatic carbocycles. The van der Waals surface area contributed by atoms with Gasteiger partial charge in [-0.15, -0.1) is 11.8 Å². The highest BCUT2D eigenvalue weighted by atomic mass is 35.5. The second kappa shape index (κ2) is 11.5. The Morgan fingerprint density at radius 2 is 1.38 bits per heavy atom. The van der Waals surface area contributed by atoms with Crippen molar-refractivity contribution in [2.24, 2.45) is 0 Å². The number of carbonyl (C=O) groups is 2. The molecule has 3 rings (SSSR count). The topological polar surface area (TPSA) is 55.8 Å². The monoisotopic (exact) mass is 617 g/mol. The van der Waals surface area contributed by atoms with Gasteiger partial charge in [0.25, 0.3) is 0 Å². The zero-order chi connectivity index (χ0) is 30.3. The first-order valence-corrected chi connectivity index (χ1v) is 14.1. The molecule has 2 unspecified atom stereocenters. The van der Waals surface area contributed by atoms with Crippen LogP contribution in [-0.4, -0.2) is 34.5 Å². The van der Waals surface area contributed by atoms with E-state index >= 15 is 0 Å². The fourth-order valence-electron chi connectivity index (χ4n) is 4.12. The van der Waals surface area contributed by atoms with Gasteiger partial charge in [-0.05, 0) is 94.3 Å². The van der Waals surface area contributed by atoms with E-state index in [1.165, 1.54) is 23.6 Å². The van der Waals surface area contributed by atoms with E-state index in [-0.39, 0.29) is 22.0 Å². The third-order valence-corrected chi connectivity index (χ3v) is 7.81. The molecular weight excluding hydrogens is 586 g/mol. The standard InChI is InChI=1S/C29H32Cl2F3NO4S/c1-17(35(24(36)38-26(2,3)4)25(37)39-27(5,6)7)18-8-10-19(11-9-18)20-15-28(40-16-20,29(32,33)34)21-12-22(30)14-23(31)13-21/h8-14,16-17H,15H2,1-7H3. The van der Waals surface area contributed by atoms with Crippen molar-refractivity contribution >= 4 is 52.7 Å².